The van der Waals surface area contributed by atoms with Gasteiger partial charge in [0.2, 0.25) is 0 Å². The second-order valence-electron chi connectivity index (χ2n) is 5.34. The van der Waals surface area contributed by atoms with Crippen molar-refractivity contribution in [1.82, 2.24) is 14.5 Å². The van der Waals surface area contributed by atoms with Crippen LogP contribution in [0, 0.1) is 0 Å². The van der Waals surface area contributed by atoms with E-state index in [9.17, 15) is 4.79 Å². The fourth-order valence-electron chi connectivity index (χ4n) is 2.77. The Bertz CT molecular complexity index is 660. The fraction of sp³-hybridized carbons (Fsp3) is 0.375. The topological polar surface area (TPSA) is 50.6 Å². The van der Waals surface area contributed by atoms with Crippen molar-refractivity contribution in [1.29, 1.82) is 0 Å². The molecule has 3 rings (SSSR count). The van der Waals surface area contributed by atoms with Crippen molar-refractivity contribution >= 4 is 11.6 Å². The molecule has 1 aromatic heterocycles. The SMILES string of the molecule is COc1ccccc1N1CCN(C(=O)c2cncn2C)CC1. The molecular weight excluding hydrogens is 280 g/mol. The molecule has 0 N–H and O–H groups in total. The average molecular weight is 300 g/mol. The van der Waals surface area contributed by atoms with Gasteiger partial charge in [-0.05, 0) is 12.1 Å². The van der Waals surface area contributed by atoms with Gasteiger partial charge in [0, 0.05) is 33.2 Å². The number of hydrogen-bond donors (Lipinski definition) is 0. The van der Waals surface area contributed by atoms with Crippen molar-refractivity contribution in [2.75, 3.05) is 38.2 Å². The summed E-state index contributed by atoms with van der Waals surface area (Å²) in [4.78, 5) is 20.6. The van der Waals surface area contributed by atoms with Gasteiger partial charge in [-0.25, -0.2) is 4.98 Å². The molecule has 6 heteroatoms. The molecule has 1 aromatic carbocycles. The molecule has 116 valence electrons. The molecule has 0 bridgehead atoms. The van der Waals surface area contributed by atoms with Gasteiger partial charge >= 0.3 is 0 Å². The molecule has 0 unspecified atom stereocenters. The van der Waals surface area contributed by atoms with E-state index >= 15 is 0 Å². The van der Waals surface area contributed by atoms with Crippen LogP contribution in [-0.4, -0.2) is 53.6 Å². The largest absolute Gasteiger partial charge is 0.495 e. The molecule has 2 aromatic rings. The number of amides is 1. The zero-order chi connectivity index (χ0) is 15.5. The number of ether oxygens (including phenoxy) is 1. The Morgan fingerprint density at radius 3 is 2.55 bits per heavy atom. The number of rotatable bonds is 3. The maximum Gasteiger partial charge on any atom is 0.272 e. The summed E-state index contributed by atoms with van der Waals surface area (Å²) >= 11 is 0. The first-order valence-corrected chi connectivity index (χ1v) is 7.34. The monoisotopic (exact) mass is 300 g/mol. The molecule has 0 atom stereocenters. The third-order valence-electron chi connectivity index (χ3n) is 4.03. The minimum atomic E-state index is 0.0414. The molecule has 1 amide bonds. The number of para-hydroxylation sites is 2. The third-order valence-corrected chi connectivity index (χ3v) is 4.03. The normalized spacial score (nSPS) is 15.0. The number of imidazole rings is 1. The van der Waals surface area contributed by atoms with E-state index < -0.39 is 0 Å². The van der Waals surface area contributed by atoms with Gasteiger partial charge in [0.25, 0.3) is 5.91 Å². The van der Waals surface area contributed by atoms with Gasteiger partial charge in [-0.3, -0.25) is 4.79 Å². The van der Waals surface area contributed by atoms with Gasteiger partial charge in [-0.15, -0.1) is 0 Å². The van der Waals surface area contributed by atoms with Crippen molar-refractivity contribution in [2.24, 2.45) is 7.05 Å². The molecule has 6 nitrogen and oxygen atoms in total. The first-order valence-electron chi connectivity index (χ1n) is 7.34. The molecule has 22 heavy (non-hydrogen) atoms. The lowest BCUT2D eigenvalue weighted by Gasteiger charge is -2.36. The quantitative estimate of drug-likeness (QED) is 0.859. The van der Waals surface area contributed by atoms with Gasteiger partial charge in [0.1, 0.15) is 11.4 Å². The molecular formula is C16H20N4O2. The fourth-order valence-corrected chi connectivity index (χ4v) is 2.77. The second-order valence-corrected chi connectivity index (χ2v) is 5.34. The summed E-state index contributed by atoms with van der Waals surface area (Å²) in [6.07, 6.45) is 3.27. The van der Waals surface area contributed by atoms with Crippen LogP contribution in [0.2, 0.25) is 0 Å². The molecule has 1 aliphatic rings. The van der Waals surface area contributed by atoms with Crippen LogP contribution < -0.4 is 9.64 Å². The molecule has 0 spiro atoms. The number of carbonyl (C=O) groups excluding carboxylic acids is 1. The van der Waals surface area contributed by atoms with Crippen LogP contribution in [0.5, 0.6) is 5.75 Å². The Morgan fingerprint density at radius 1 is 1.18 bits per heavy atom. The number of aryl methyl sites for hydroxylation is 1. The third kappa shape index (κ3) is 2.64. The summed E-state index contributed by atoms with van der Waals surface area (Å²) < 4.78 is 7.17. The standard InChI is InChI=1S/C16H20N4O2/c1-18-12-17-11-14(18)16(21)20-9-7-19(8-10-20)13-5-3-4-6-15(13)22-2/h3-6,11-12H,7-10H2,1-2H3. The Kier molecular flexibility index (Phi) is 4.00. The van der Waals surface area contributed by atoms with E-state index in [0.717, 1.165) is 24.5 Å². The maximum absolute atomic E-state index is 12.5. The number of carbonyl (C=O) groups is 1. The van der Waals surface area contributed by atoms with Gasteiger partial charge in [-0.1, -0.05) is 12.1 Å². The van der Waals surface area contributed by atoms with E-state index in [1.807, 2.05) is 30.1 Å². The summed E-state index contributed by atoms with van der Waals surface area (Å²) in [7, 11) is 3.52. The highest BCUT2D eigenvalue weighted by molar-refractivity contribution is 5.92. The minimum Gasteiger partial charge on any atom is -0.495 e. The lowest BCUT2D eigenvalue weighted by atomic mass is 10.2. The van der Waals surface area contributed by atoms with Crippen LogP contribution in [0.15, 0.2) is 36.8 Å². The molecule has 1 aliphatic heterocycles. The van der Waals surface area contributed by atoms with Gasteiger partial charge < -0.3 is 19.1 Å². The van der Waals surface area contributed by atoms with Crippen LogP contribution in [0.25, 0.3) is 0 Å². The Labute approximate surface area is 129 Å². The van der Waals surface area contributed by atoms with Crippen LogP contribution in [-0.2, 0) is 7.05 Å². The number of hydrogen-bond acceptors (Lipinski definition) is 4. The predicted molar refractivity (Wildman–Crippen MR) is 84.3 cm³/mol. The molecule has 1 saturated heterocycles. The van der Waals surface area contributed by atoms with E-state index in [0.29, 0.717) is 18.8 Å². The van der Waals surface area contributed by atoms with Crippen molar-refractivity contribution in [3.8, 4) is 5.75 Å². The number of anilines is 1. The average Bonchev–Trinajstić information content (AvgIpc) is 3.00. The highest BCUT2D eigenvalue weighted by atomic mass is 16.5. The van der Waals surface area contributed by atoms with E-state index in [1.54, 1.807) is 24.2 Å². The number of nitrogens with zero attached hydrogens (tertiary/aromatic N) is 4. The molecule has 0 aliphatic carbocycles. The van der Waals surface area contributed by atoms with E-state index in [4.69, 9.17) is 4.74 Å². The summed E-state index contributed by atoms with van der Waals surface area (Å²) in [6.45, 7) is 2.98. The molecule has 0 radical (unpaired) electrons. The van der Waals surface area contributed by atoms with Crippen molar-refractivity contribution in [3.63, 3.8) is 0 Å². The highest BCUT2D eigenvalue weighted by Crippen LogP contribution is 2.28. The highest BCUT2D eigenvalue weighted by Gasteiger charge is 2.24. The van der Waals surface area contributed by atoms with Crippen LogP contribution in [0.1, 0.15) is 10.5 Å². The zero-order valence-corrected chi connectivity index (χ0v) is 12.9. The van der Waals surface area contributed by atoms with E-state index in [-0.39, 0.29) is 5.91 Å². The number of benzene rings is 1. The predicted octanol–water partition coefficient (Wildman–Crippen LogP) is 1.39. The van der Waals surface area contributed by atoms with Crippen LogP contribution in [0.4, 0.5) is 5.69 Å². The lowest BCUT2D eigenvalue weighted by Crippen LogP contribution is -2.49. The number of methoxy groups -OCH3 is 1. The van der Waals surface area contributed by atoms with E-state index in [1.165, 1.54) is 0 Å². The van der Waals surface area contributed by atoms with Gasteiger partial charge in [0.05, 0.1) is 25.3 Å². The lowest BCUT2D eigenvalue weighted by molar-refractivity contribution is 0.0737. The van der Waals surface area contributed by atoms with E-state index in [2.05, 4.69) is 16.0 Å². The molecule has 2 heterocycles. The van der Waals surface area contributed by atoms with Crippen LogP contribution >= 0.6 is 0 Å². The Balaban J connectivity index is 1.68. The molecule has 1 fully saturated rings. The summed E-state index contributed by atoms with van der Waals surface area (Å²) in [5, 5.41) is 0. The first kappa shape index (κ1) is 14.4. The first-order chi connectivity index (χ1) is 10.7. The summed E-state index contributed by atoms with van der Waals surface area (Å²) in [5.74, 6) is 0.911. The zero-order valence-electron chi connectivity index (χ0n) is 12.9. The Morgan fingerprint density at radius 2 is 1.91 bits per heavy atom. The van der Waals surface area contributed by atoms with Crippen molar-refractivity contribution in [3.05, 3.63) is 42.5 Å². The van der Waals surface area contributed by atoms with Crippen molar-refractivity contribution < 1.29 is 9.53 Å². The molecule has 0 saturated carbocycles. The Hall–Kier alpha value is -2.50. The smallest absolute Gasteiger partial charge is 0.272 e. The summed E-state index contributed by atoms with van der Waals surface area (Å²) in [5.41, 5.74) is 1.71. The maximum atomic E-state index is 12.5. The second kappa shape index (κ2) is 6.09. The minimum absolute atomic E-state index is 0.0414. The number of piperazine rings is 1. The van der Waals surface area contributed by atoms with Crippen LogP contribution in [0.3, 0.4) is 0 Å². The summed E-state index contributed by atoms with van der Waals surface area (Å²) in [6, 6.07) is 7.98. The number of aromatic nitrogens is 2. The van der Waals surface area contributed by atoms with Gasteiger partial charge in [0.15, 0.2) is 0 Å². The van der Waals surface area contributed by atoms with Crippen molar-refractivity contribution in [2.45, 2.75) is 0 Å². The van der Waals surface area contributed by atoms with Gasteiger partial charge in [-0.2, -0.15) is 0 Å².